The summed E-state index contributed by atoms with van der Waals surface area (Å²) in [5, 5.41) is 20.5. The maximum absolute atomic E-state index is 11.9. The van der Waals surface area contributed by atoms with E-state index in [1.54, 1.807) is 0 Å². The van der Waals surface area contributed by atoms with E-state index in [9.17, 15) is 4.79 Å². The van der Waals surface area contributed by atoms with Crippen LogP contribution in [0.25, 0.3) is 0 Å². The lowest BCUT2D eigenvalue weighted by Gasteiger charge is -2.27. The molecular formula is C12H21N3O2. The van der Waals surface area contributed by atoms with Crippen LogP contribution >= 0.6 is 0 Å². The van der Waals surface area contributed by atoms with Crippen molar-refractivity contribution in [3.05, 3.63) is 0 Å². The zero-order valence-electron chi connectivity index (χ0n) is 10.2. The van der Waals surface area contributed by atoms with Crippen LogP contribution in [0.5, 0.6) is 0 Å². The minimum atomic E-state index is -0.434. The average molecular weight is 239 g/mol. The number of carbonyl (C=O) groups is 1. The summed E-state index contributed by atoms with van der Waals surface area (Å²) in [6, 6.07) is 1.66. The van der Waals surface area contributed by atoms with Crippen LogP contribution in [0.4, 0.5) is 0 Å². The Balaban J connectivity index is 2.29. The summed E-state index contributed by atoms with van der Waals surface area (Å²) in [6.45, 7) is 2.33. The number of amides is 1. The Morgan fingerprint density at radius 2 is 2.12 bits per heavy atom. The van der Waals surface area contributed by atoms with Crippen LogP contribution in [-0.4, -0.2) is 48.2 Å². The first-order valence-corrected chi connectivity index (χ1v) is 6.29. The van der Waals surface area contributed by atoms with Gasteiger partial charge < -0.3 is 15.3 Å². The fourth-order valence-corrected chi connectivity index (χ4v) is 1.97. The molecule has 17 heavy (non-hydrogen) atoms. The summed E-state index contributed by atoms with van der Waals surface area (Å²) >= 11 is 0. The number of hydrogen-bond donors (Lipinski definition) is 2. The highest BCUT2D eigenvalue weighted by molar-refractivity contribution is 5.77. The molecule has 0 radical (unpaired) electrons. The Kier molecular flexibility index (Phi) is 6.60. The molecule has 1 aliphatic heterocycles. The fraction of sp³-hybridized carbons (Fsp3) is 0.833. The van der Waals surface area contributed by atoms with E-state index in [1.165, 1.54) is 6.42 Å². The Labute approximate surface area is 102 Å². The van der Waals surface area contributed by atoms with Crippen LogP contribution in [0.15, 0.2) is 0 Å². The van der Waals surface area contributed by atoms with Crippen molar-refractivity contribution >= 4 is 5.91 Å². The topological polar surface area (TPSA) is 76.4 Å². The number of rotatable bonds is 6. The van der Waals surface area contributed by atoms with Gasteiger partial charge in [0.05, 0.1) is 12.5 Å². The van der Waals surface area contributed by atoms with Gasteiger partial charge in [-0.15, -0.1) is 0 Å². The van der Waals surface area contributed by atoms with Gasteiger partial charge >= 0.3 is 0 Å². The Morgan fingerprint density at radius 3 is 2.71 bits per heavy atom. The van der Waals surface area contributed by atoms with Gasteiger partial charge in [0.25, 0.3) is 0 Å². The van der Waals surface area contributed by atoms with E-state index in [0.717, 1.165) is 25.9 Å². The van der Waals surface area contributed by atoms with E-state index in [1.807, 2.05) is 4.90 Å². The van der Waals surface area contributed by atoms with Crippen LogP contribution in [0.1, 0.15) is 32.1 Å². The highest BCUT2D eigenvalue weighted by atomic mass is 16.3. The van der Waals surface area contributed by atoms with Crippen LogP contribution < -0.4 is 5.32 Å². The maximum Gasteiger partial charge on any atom is 0.225 e. The number of aliphatic hydroxyl groups excluding tert-OH is 1. The average Bonchev–Trinajstić information content (AvgIpc) is 2.38. The molecule has 1 fully saturated rings. The molecule has 0 aromatic heterocycles. The molecule has 1 unspecified atom stereocenters. The molecule has 1 saturated heterocycles. The molecule has 96 valence electrons. The van der Waals surface area contributed by atoms with E-state index < -0.39 is 6.04 Å². The van der Waals surface area contributed by atoms with Gasteiger partial charge in [-0.25, -0.2) is 0 Å². The molecule has 0 bridgehead atoms. The normalized spacial score (nSPS) is 17.5. The Morgan fingerprint density at radius 1 is 1.41 bits per heavy atom. The molecule has 1 atom stereocenters. The molecule has 0 aromatic rings. The van der Waals surface area contributed by atoms with Gasteiger partial charge in [-0.05, 0) is 32.2 Å². The Bertz CT molecular complexity index is 269. The molecule has 1 aliphatic rings. The van der Waals surface area contributed by atoms with Crippen LogP contribution in [0, 0.1) is 11.3 Å². The van der Waals surface area contributed by atoms with Crippen molar-refractivity contribution in [2.24, 2.45) is 0 Å². The van der Waals surface area contributed by atoms with Gasteiger partial charge in [0.2, 0.25) is 5.91 Å². The maximum atomic E-state index is 11.9. The first-order valence-electron chi connectivity index (χ1n) is 6.29. The van der Waals surface area contributed by atoms with E-state index in [4.69, 9.17) is 10.4 Å². The van der Waals surface area contributed by atoms with Gasteiger partial charge in [0.15, 0.2) is 0 Å². The van der Waals surface area contributed by atoms with Gasteiger partial charge in [-0.1, -0.05) is 0 Å². The van der Waals surface area contributed by atoms with Crippen LogP contribution in [0.2, 0.25) is 0 Å². The van der Waals surface area contributed by atoms with Crippen molar-refractivity contribution < 1.29 is 9.90 Å². The molecular weight excluding hydrogens is 218 g/mol. The second kappa shape index (κ2) is 8.04. The number of nitriles is 1. The van der Waals surface area contributed by atoms with E-state index in [0.29, 0.717) is 13.0 Å². The summed E-state index contributed by atoms with van der Waals surface area (Å²) in [6.07, 6.45) is 4.18. The second-order valence-corrected chi connectivity index (χ2v) is 4.36. The number of aliphatic hydroxyl groups is 1. The molecule has 0 saturated carbocycles. The fourth-order valence-electron chi connectivity index (χ4n) is 1.97. The van der Waals surface area contributed by atoms with Gasteiger partial charge in [-0.3, -0.25) is 4.79 Å². The van der Waals surface area contributed by atoms with Crippen molar-refractivity contribution in [3.8, 4) is 6.07 Å². The minimum Gasteiger partial charge on any atom is -0.396 e. The summed E-state index contributed by atoms with van der Waals surface area (Å²) < 4.78 is 0. The number of likely N-dealkylation sites (tertiary alicyclic amines) is 1. The number of nitrogens with zero attached hydrogens (tertiary/aromatic N) is 2. The van der Waals surface area contributed by atoms with Crippen LogP contribution in [0.3, 0.4) is 0 Å². The summed E-state index contributed by atoms with van der Waals surface area (Å²) in [7, 11) is 0. The van der Waals surface area contributed by atoms with Gasteiger partial charge in [-0.2, -0.15) is 5.26 Å². The van der Waals surface area contributed by atoms with E-state index >= 15 is 0 Å². The van der Waals surface area contributed by atoms with Crippen molar-refractivity contribution in [1.82, 2.24) is 10.2 Å². The van der Waals surface area contributed by atoms with Crippen molar-refractivity contribution in [1.29, 1.82) is 5.26 Å². The predicted octanol–water partition coefficient (Wildman–Crippen LogP) is 0.253. The number of piperidine rings is 1. The lowest BCUT2D eigenvalue weighted by atomic mass is 10.1. The molecule has 0 aliphatic carbocycles. The molecule has 5 heteroatoms. The second-order valence-electron chi connectivity index (χ2n) is 4.36. The zero-order valence-corrected chi connectivity index (χ0v) is 10.2. The van der Waals surface area contributed by atoms with E-state index in [-0.39, 0.29) is 18.9 Å². The first kappa shape index (κ1) is 13.9. The molecule has 5 nitrogen and oxygen atoms in total. The minimum absolute atomic E-state index is 0.0627. The number of nitrogens with one attached hydrogen (secondary N) is 1. The third kappa shape index (κ3) is 5.16. The quantitative estimate of drug-likeness (QED) is 0.652. The van der Waals surface area contributed by atoms with Crippen molar-refractivity contribution in [2.45, 2.75) is 38.1 Å². The lowest BCUT2D eigenvalue weighted by Crippen LogP contribution is -2.40. The molecule has 0 aromatic carbocycles. The molecule has 2 N–H and O–H groups in total. The highest BCUT2D eigenvalue weighted by Gasteiger charge is 2.20. The largest absolute Gasteiger partial charge is 0.396 e. The van der Waals surface area contributed by atoms with E-state index in [2.05, 4.69) is 11.4 Å². The Hall–Kier alpha value is -1.12. The number of carbonyl (C=O) groups excluding carboxylic acids is 1. The van der Waals surface area contributed by atoms with Gasteiger partial charge in [0, 0.05) is 19.7 Å². The lowest BCUT2D eigenvalue weighted by molar-refractivity contribution is -0.132. The van der Waals surface area contributed by atoms with Crippen molar-refractivity contribution in [2.75, 3.05) is 26.2 Å². The summed E-state index contributed by atoms with van der Waals surface area (Å²) in [4.78, 5) is 13.7. The monoisotopic (exact) mass is 239 g/mol. The number of hydrogen-bond acceptors (Lipinski definition) is 4. The third-order valence-electron chi connectivity index (χ3n) is 2.97. The summed E-state index contributed by atoms with van der Waals surface area (Å²) in [5.41, 5.74) is 0. The third-order valence-corrected chi connectivity index (χ3v) is 2.97. The zero-order chi connectivity index (χ0) is 12.5. The SMILES string of the molecule is N#CC(CC(=O)N1CCCCC1)NCCCO. The standard InChI is InChI=1S/C12H21N3O2/c13-10-11(14-5-4-8-16)9-12(17)15-6-2-1-3-7-15/h11,14,16H,1-9H2. The van der Waals surface area contributed by atoms with Crippen molar-refractivity contribution in [3.63, 3.8) is 0 Å². The molecule has 1 amide bonds. The van der Waals surface area contributed by atoms with Gasteiger partial charge in [0.1, 0.15) is 6.04 Å². The smallest absolute Gasteiger partial charge is 0.225 e. The molecule has 1 rings (SSSR count). The van der Waals surface area contributed by atoms with Crippen LogP contribution in [-0.2, 0) is 4.79 Å². The summed E-state index contributed by atoms with van der Waals surface area (Å²) in [5.74, 6) is 0.0627. The predicted molar refractivity (Wildman–Crippen MR) is 64.2 cm³/mol. The molecule has 1 heterocycles. The molecule has 0 spiro atoms. The highest BCUT2D eigenvalue weighted by Crippen LogP contribution is 2.10. The first-order chi connectivity index (χ1) is 8.27.